The van der Waals surface area contributed by atoms with Gasteiger partial charge in [-0.2, -0.15) is 0 Å². The quantitative estimate of drug-likeness (QED) is 0.485. The molecule has 0 aromatic carbocycles. The average molecular weight is 204 g/mol. The Labute approximate surface area is 87.7 Å². The fourth-order valence-electron chi connectivity index (χ4n) is 0.633. The molecule has 1 N–H and O–H groups in total. The van der Waals surface area contributed by atoms with E-state index in [9.17, 15) is 0 Å². The normalized spacial score (nSPS) is 9.07. The third kappa shape index (κ3) is 22.6. The molecular weight excluding hydrogens is 180 g/mol. The van der Waals surface area contributed by atoms with Crippen molar-refractivity contribution in [3.8, 4) is 0 Å². The first-order valence-corrected chi connectivity index (χ1v) is 5.16. The van der Waals surface area contributed by atoms with Crippen molar-refractivity contribution in [1.82, 2.24) is 0 Å². The monoisotopic (exact) mass is 204 g/mol. The number of rotatable bonds is 8. The second-order valence-electron chi connectivity index (χ2n) is 2.71. The smallest absolute Gasteiger partial charge is 0.0701 e. The van der Waals surface area contributed by atoms with Crippen LogP contribution in [0.4, 0.5) is 0 Å². The molecule has 0 aliphatic carbocycles. The van der Waals surface area contributed by atoms with Gasteiger partial charge in [0.05, 0.1) is 26.4 Å². The van der Waals surface area contributed by atoms with E-state index in [0.29, 0.717) is 19.8 Å². The molecule has 0 saturated carbocycles. The maximum Gasteiger partial charge on any atom is 0.0701 e. The van der Waals surface area contributed by atoms with Crippen molar-refractivity contribution < 1.29 is 14.6 Å². The maximum absolute atomic E-state index is 8.34. The molecule has 3 nitrogen and oxygen atoms in total. The molecule has 0 spiro atoms. The van der Waals surface area contributed by atoms with Crippen molar-refractivity contribution in [2.45, 2.75) is 26.7 Å². The lowest BCUT2D eigenvalue weighted by molar-refractivity contribution is 0.0324. The van der Waals surface area contributed by atoms with Gasteiger partial charge in [-0.05, 0) is 13.3 Å². The van der Waals surface area contributed by atoms with Crippen LogP contribution in [0.5, 0.6) is 0 Å². The summed E-state index contributed by atoms with van der Waals surface area (Å²) >= 11 is 0. The Balaban J connectivity index is 0. The largest absolute Gasteiger partial charge is 0.394 e. The maximum atomic E-state index is 8.34. The van der Waals surface area contributed by atoms with Crippen LogP contribution in [0.25, 0.3) is 0 Å². The van der Waals surface area contributed by atoms with Gasteiger partial charge in [0.25, 0.3) is 0 Å². The molecule has 0 aliphatic rings. The highest BCUT2D eigenvalue weighted by molar-refractivity contribution is 4.51. The Kier molecular flexibility index (Phi) is 21.1. The van der Waals surface area contributed by atoms with Crippen molar-refractivity contribution in [1.29, 1.82) is 0 Å². The van der Waals surface area contributed by atoms with E-state index in [0.717, 1.165) is 19.4 Å². The molecule has 86 valence electrons. The van der Waals surface area contributed by atoms with Gasteiger partial charge in [0.2, 0.25) is 0 Å². The minimum atomic E-state index is 0.0922. The second kappa shape index (κ2) is 18.4. The van der Waals surface area contributed by atoms with Crippen LogP contribution in [-0.2, 0) is 9.47 Å². The van der Waals surface area contributed by atoms with Gasteiger partial charge in [-0.1, -0.05) is 19.4 Å². The van der Waals surface area contributed by atoms with Gasteiger partial charge >= 0.3 is 0 Å². The lowest BCUT2D eigenvalue weighted by Crippen LogP contribution is -2.07. The fraction of sp³-hybridized carbons (Fsp3) is 0.818. The predicted molar refractivity (Wildman–Crippen MR) is 59.5 cm³/mol. The molecule has 0 aliphatic heterocycles. The van der Waals surface area contributed by atoms with Crippen LogP contribution in [0.1, 0.15) is 26.7 Å². The number of aliphatic hydroxyl groups is 1. The van der Waals surface area contributed by atoms with Crippen LogP contribution in [0.2, 0.25) is 0 Å². The molecule has 0 rings (SSSR count). The zero-order valence-electron chi connectivity index (χ0n) is 9.50. The van der Waals surface area contributed by atoms with Gasteiger partial charge in [0.15, 0.2) is 0 Å². The molecule has 0 unspecified atom stereocenters. The van der Waals surface area contributed by atoms with Gasteiger partial charge in [0, 0.05) is 6.61 Å². The van der Waals surface area contributed by atoms with E-state index in [4.69, 9.17) is 14.6 Å². The average Bonchev–Trinajstić information content (AvgIpc) is 2.18. The second-order valence-corrected chi connectivity index (χ2v) is 2.71. The van der Waals surface area contributed by atoms with Gasteiger partial charge in [-0.25, -0.2) is 0 Å². The Bertz CT molecular complexity index is 86.5. The van der Waals surface area contributed by atoms with Crippen molar-refractivity contribution in [2.75, 3.05) is 33.0 Å². The highest BCUT2D eigenvalue weighted by Gasteiger charge is 1.87. The van der Waals surface area contributed by atoms with Crippen LogP contribution in [0.3, 0.4) is 0 Å². The first kappa shape index (κ1) is 16.1. The van der Waals surface area contributed by atoms with Gasteiger partial charge < -0.3 is 14.6 Å². The van der Waals surface area contributed by atoms with Crippen LogP contribution in [0, 0.1) is 0 Å². The van der Waals surface area contributed by atoms with E-state index in [1.807, 2.05) is 6.92 Å². The van der Waals surface area contributed by atoms with Crippen LogP contribution < -0.4 is 0 Å². The first-order chi connectivity index (χ1) is 6.83. The lowest BCUT2D eigenvalue weighted by atomic mass is 10.4. The van der Waals surface area contributed by atoms with Crippen molar-refractivity contribution in [2.24, 2.45) is 0 Å². The Hall–Kier alpha value is -0.380. The van der Waals surface area contributed by atoms with Crippen LogP contribution >= 0.6 is 0 Å². The third-order valence-corrected chi connectivity index (χ3v) is 1.25. The summed E-state index contributed by atoms with van der Waals surface area (Å²) in [5, 5.41) is 8.34. The van der Waals surface area contributed by atoms with E-state index in [1.165, 1.54) is 0 Å². The van der Waals surface area contributed by atoms with Crippen molar-refractivity contribution >= 4 is 0 Å². The lowest BCUT2D eigenvalue weighted by Gasteiger charge is -2.02. The number of aliphatic hydroxyl groups excluding tert-OH is 1. The zero-order valence-corrected chi connectivity index (χ0v) is 9.50. The highest BCUT2D eigenvalue weighted by atomic mass is 16.5. The van der Waals surface area contributed by atoms with E-state index < -0.39 is 0 Å². The summed E-state index contributed by atoms with van der Waals surface area (Å²) in [6.45, 7) is 9.93. The van der Waals surface area contributed by atoms with Crippen molar-refractivity contribution in [3.05, 3.63) is 12.7 Å². The number of hydrogen-bond donors (Lipinski definition) is 1. The van der Waals surface area contributed by atoms with E-state index in [1.54, 1.807) is 6.08 Å². The third-order valence-electron chi connectivity index (χ3n) is 1.25. The topological polar surface area (TPSA) is 38.7 Å². The molecule has 0 atom stereocenters. The zero-order chi connectivity index (χ0) is 11.1. The van der Waals surface area contributed by atoms with Crippen molar-refractivity contribution in [3.63, 3.8) is 0 Å². The summed E-state index contributed by atoms with van der Waals surface area (Å²) in [5.41, 5.74) is 0. The molecule has 0 heterocycles. The van der Waals surface area contributed by atoms with Gasteiger partial charge in [0.1, 0.15) is 0 Å². The standard InChI is InChI=1S/C8H18O3.C3H6/c1-2-3-5-10-7-8-11-6-4-9;1-3-2/h9H,2-8H2,1H3;3H,1H2,2H3. The van der Waals surface area contributed by atoms with E-state index >= 15 is 0 Å². The summed E-state index contributed by atoms with van der Waals surface area (Å²) in [6, 6.07) is 0. The summed E-state index contributed by atoms with van der Waals surface area (Å²) in [4.78, 5) is 0. The molecule has 0 fully saturated rings. The van der Waals surface area contributed by atoms with Crippen LogP contribution in [0.15, 0.2) is 12.7 Å². The fourth-order valence-corrected chi connectivity index (χ4v) is 0.633. The molecule has 0 saturated heterocycles. The number of unbranched alkanes of at least 4 members (excludes halogenated alkanes) is 1. The molecule has 0 aromatic heterocycles. The molecule has 0 amide bonds. The number of allylic oxidation sites excluding steroid dienone is 1. The molecule has 3 heteroatoms. The molecule has 0 aromatic rings. The molecule has 0 bridgehead atoms. The highest BCUT2D eigenvalue weighted by Crippen LogP contribution is 1.87. The molecule has 14 heavy (non-hydrogen) atoms. The number of hydrogen-bond acceptors (Lipinski definition) is 3. The first-order valence-electron chi connectivity index (χ1n) is 5.16. The number of ether oxygens (including phenoxy) is 2. The van der Waals surface area contributed by atoms with E-state index in [2.05, 4.69) is 13.5 Å². The minimum Gasteiger partial charge on any atom is -0.394 e. The summed E-state index contributed by atoms with van der Waals surface area (Å²) in [6.07, 6.45) is 4.03. The van der Waals surface area contributed by atoms with Gasteiger partial charge in [-0.15, -0.1) is 6.58 Å². The Morgan fingerprint density at radius 1 is 1.14 bits per heavy atom. The Morgan fingerprint density at radius 3 is 2.07 bits per heavy atom. The van der Waals surface area contributed by atoms with Gasteiger partial charge in [-0.3, -0.25) is 0 Å². The Morgan fingerprint density at radius 2 is 1.64 bits per heavy atom. The summed E-state index contributed by atoms with van der Waals surface area (Å²) < 4.78 is 10.2. The summed E-state index contributed by atoms with van der Waals surface area (Å²) in [5.74, 6) is 0. The molecular formula is C11H24O3. The van der Waals surface area contributed by atoms with Crippen LogP contribution in [-0.4, -0.2) is 38.1 Å². The summed E-state index contributed by atoms with van der Waals surface area (Å²) in [7, 11) is 0. The minimum absolute atomic E-state index is 0.0922. The SMILES string of the molecule is C=CC.CCCCOCCOCCO. The predicted octanol–water partition coefficient (Wildman–Crippen LogP) is 2.00. The van der Waals surface area contributed by atoms with E-state index in [-0.39, 0.29) is 6.61 Å². The molecule has 0 radical (unpaired) electrons.